The summed E-state index contributed by atoms with van der Waals surface area (Å²) in [5.41, 5.74) is 5.89. The maximum absolute atomic E-state index is 11.5. The second kappa shape index (κ2) is 5.26. The van der Waals surface area contributed by atoms with Crippen molar-refractivity contribution in [1.82, 2.24) is 0 Å². The van der Waals surface area contributed by atoms with Crippen LogP contribution in [-0.4, -0.2) is 20.4 Å². The standard InChI is InChI=1S/C10H15N3O3S/c1-2-9(11)10(14)13-7-4-3-5-8(6-7)17(12,15)16/h3-6,9H,2,11H2,1H3,(H,13,14)(H2,12,15,16)/t9-/m1/s1. The number of carbonyl (C=O) groups is 1. The van der Waals surface area contributed by atoms with E-state index in [1.807, 2.05) is 0 Å². The lowest BCUT2D eigenvalue weighted by molar-refractivity contribution is -0.117. The van der Waals surface area contributed by atoms with E-state index in [2.05, 4.69) is 5.32 Å². The molecule has 1 atom stereocenters. The SMILES string of the molecule is CC[C@@H](N)C(=O)Nc1cccc(S(N)(=O)=O)c1. The first-order valence-corrected chi connectivity index (χ1v) is 6.58. The predicted octanol–water partition coefficient (Wildman–Crippen LogP) is 0.00980. The van der Waals surface area contributed by atoms with Crippen molar-refractivity contribution in [3.05, 3.63) is 24.3 Å². The molecular formula is C10H15N3O3S. The molecular weight excluding hydrogens is 242 g/mol. The first-order valence-electron chi connectivity index (χ1n) is 5.04. The van der Waals surface area contributed by atoms with Gasteiger partial charge in [-0.05, 0) is 24.6 Å². The number of benzene rings is 1. The Bertz CT molecular complexity index is 513. The second-order valence-electron chi connectivity index (χ2n) is 3.58. The van der Waals surface area contributed by atoms with E-state index in [4.69, 9.17) is 10.9 Å². The van der Waals surface area contributed by atoms with Gasteiger partial charge in [0.2, 0.25) is 15.9 Å². The summed E-state index contributed by atoms with van der Waals surface area (Å²) in [5.74, 6) is -0.362. The van der Waals surface area contributed by atoms with Crippen LogP contribution in [0, 0.1) is 0 Å². The van der Waals surface area contributed by atoms with Gasteiger partial charge in [-0.2, -0.15) is 0 Å². The molecule has 0 unspecified atom stereocenters. The molecule has 1 aromatic rings. The first kappa shape index (κ1) is 13.6. The normalized spacial score (nSPS) is 13.1. The van der Waals surface area contributed by atoms with Crippen molar-refractivity contribution in [1.29, 1.82) is 0 Å². The number of carbonyl (C=O) groups excluding carboxylic acids is 1. The van der Waals surface area contributed by atoms with Crippen LogP contribution in [-0.2, 0) is 14.8 Å². The van der Waals surface area contributed by atoms with Crippen molar-refractivity contribution < 1.29 is 13.2 Å². The van der Waals surface area contributed by atoms with Crippen molar-refractivity contribution in [3.8, 4) is 0 Å². The van der Waals surface area contributed by atoms with Gasteiger partial charge in [-0.25, -0.2) is 13.6 Å². The lowest BCUT2D eigenvalue weighted by Crippen LogP contribution is -2.34. The van der Waals surface area contributed by atoms with Crippen molar-refractivity contribution in [2.75, 3.05) is 5.32 Å². The maximum Gasteiger partial charge on any atom is 0.241 e. The van der Waals surface area contributed by atoms with Crippen LogP contribution in [0.2, 0.25) is 0 Å². The molecule has 0 aliphatic heterocycles. The number of primary sulfonamides is 1. The number of hydrogen-bond donors (Lipinski definition) is 3. The summed E-state index contributed by atoms with van der Waals surface area (Å²) >= 11 is 0. The van der Waals surface area contributed by atoms with Gasteiger partial charge in [-0.1, -0.05) is 13.0 Å². The third-order valence-electron chi connectivity index (χ3n) is 2.21. The van der Waals surface area contributed by atoms with Gasteiger partial charge < -0.3 is 11.1 Å². The van der Waals surface area contributed by atoms with Crippen LogP contribution < -0.4 is 16.2 Å². The molecule has 0 bridgehead atoms. The van der Waals surface area contributed by atoms with E-state index < -0.39 is 16.1 Å². The molecule has 5 N–H and O–H groups in total. The molecule has 94 valence electrons. The van der Waals surface area contributed by atoms with Gasteiger partial charge in [-0.15, -0.1) is 0 Å². The molecule has 17 heavy (non-hydrogen) atoms. The van der Waals surface area contributed by atoms with E-state index in [1.165, 1.54) is 18.2 Å². The highest BCUT2D eigenvalue weighted by Crippen LogP contribution is 2.14. The Morgan fingerprint density at radius 3 is 2.65 bits per heavy atom. The fourth-order valence-corrected chi connectivity index (χ4v) is 1.73. The predicted molar refractivity (Wildman–Crippen MR) is 64.7 cm³/mol. The van der Waals surface area contributed by atoms with Crippen LogP contribution in [0.3, 0.4) is 0 Å². The van der Waals surface area contributed by atoms with E-state index in [0.717, 1.165) is 0 Å². The van der Waals surface area contributed by atoms with E-state index in [-0.39, 0.29) is 10.8 Å². The van der Waals surface area contributed by atoms with Crippen LogP contribution >= 0.6 is 0 Å². The second-order valence-corrected chi connectivity index (χ2v) is 5.14. The summed E-state index contributed by atoms with van der Waals surface area (Å²) in [4.78, 5) is 11.4. The van der Waals surface area contributed by atoms with Gasteiger partial charge in [0.25, 0.3) is 0 Å². The Labute approximate surface area is 100 Å². The minimum absolute atomic E-state index is 0.0552. The van der Waals surface area contributed by atoms with Gasteiger partial charge in [0.15, 0.2) is 0 Å². The molecule has 0 aliphatic rings. The van der Waals surface area contributed by atoms with Crippen LogP contribution in [0.25, 0.3) is 0 Å². The maximum atomic E-state index is 11.5. The molecule has 0 aromatic heterocycles. The van der Waals surface area contributed by atoms with Gasteiger partial charge in [0, 0.05) is 5.69 Å². The number of sulfonamides is 1. The summed E-state index contributed by atoms with van der Waals surface area (Å²) < 4.78 is 22.2. The Kier molecular flexibility index (Phi) is 4.22. The monoisotopic (exact) mass is 257 g/mol. The molecule has 1 aromatic carbocycles. The smallest absolute Gasteiger partial charge is 0.241 e. The van der Waals surface area contributed by atoms with Crippen molar-refractivity contribution in [2.24, 2.45) is 10.9 Å². The minimum Gasteiger partial charge on any atom is -0.325 e. The zero-order valence-electron chi connectivity index (χ0n) is 9.38. The summed E-state index contributed by atoms with van der Waals surface area (Å²) in [6.07, 6.45) is 0.501. The van der Waals surface area contributed by atoms with Crippen LogP contribution in [0.15, 0.2) is 29.2 Å². The Balaban J connectivity index is 2.91. The summed E-state index contributed by atoms with van der Waals surface area (Å²) in [6.45, 7) is 1.78. The third-order valence-corrected chi connectivity index (χ3v) is 3.12. The van der Waals surface area contributed by atoms with E-state index in [9.17, 15) is 13.2 Å². The van der Waals surface area contributed by atoms with Gasteiger partial charge in [0.1, 0.15) is 0 Å². The number of rotatable bonds is 4. The Hall–Kier alpha value is -1.44. The molecule has 0 radical (unpaired) electrons. The highest BCUT2D eigenvalue weighted by atomic mass is 32.2. The van der Waals surface area contributed by atoms with Crippen molar-refractivity contribution in [2.45, 2.75) is 24.3 Å². The average Bonchev–Trinajstić information content (AvgIpc) is 2.27. The quantitative estimate of drug-likeness (QED) is 0.704. The summed E-state index contributed by atoms with van der Waals surface area (Å²) in [6, 6.07) is 5.08. The molecule has 0 saturated heterocycles. The Morgan fingerprint density at radius 2 is 2.12 bits per heavy atom. The fourth-order valence-electron chi connectivity index (χ4n) is 1.17. The topological polar surface area (TPSA) is 115 Å². The summed E-state index contributed by atoms with van der Waals surface area (Å²) in [5, 5.41) is 7.50. The number of hydrogen-bond acceptors (Lipinski definition) is 4. The number of nitrogens with two attached hydrogens (primary N) is 2. The third kappa shape index (κ3) is 3.81. The molecule has 6 nitrogen and oxygen atoms in total. The lowest BCUT2D eigenvalue weighted by Gasteiger charge is -2.10. The molecule has 1 amide bonds. The zero-order chi connectivity index (χ0) is 13.1. The molecule has 0 fully saturated rings. The van der Waals surface area contributed by atoms with Crippen LogP contribution in [0.1, 0.15) is 13.3 Å². The summed E-state index contributed by atoms with van der Waals surface area (Å²) in [7, 11) is -3.77. The van der Waals surface area contributed by atoms with E-state index in [0.29, 0.717) is 12.1 Å². The number of anilines is 1. The first-order chi connectivity index (χ1) is 7.84. The van der Waals surface area contributed by atoms with Crippen LogP contribution in [0.4, 0.5) is 5.69 Å². The minimum atomic E-state index is -3.77. The Morgan fingerprint density at radius 1 is 1.47 bits per heavy atom. The average molecular weight is 257 g/mol. The van der Waals surface area contributed by atoms with Gasteiger partial charge in [0.05, 0.1) is 10.9 Å². The molecule has 0 saturated carbocycles. The molecule has 1 rings (SSSR count). The van der Waals surface area contributed by atoms with Gasteiger partial charge >= 0.3 is 0 Å². The fraction of sp³-hybridized carbons (Fsp3) is 0.300. The zero-order valence-corrected chi connectivity index (χ0v) is 10.2. The number of nitrogens with one attached hydrogen (secondary N) is 1. The number of amides is 1. The van der Waals surface area contributed by atoms with Crippen molar-refractivity contribution in [3.63, 3.8) is 0 Å². The van der Waals surface area contributed by atoms with Crippen molar-refractivity contribution >= 4 is 21.6 Å². The van der Waals surface area contributed by atoms with Crippen LogP contribution in [0.5, 0.6) is 0 Å². The lowest BCUT2D eigenvalue weighted by atomic mass is 10.2. The largest absolute Gasteiger partial charge is 0.325 e. The highest BCUT2D eigenvalue weighted by molar-refractivity contribution is 7.89. The van der Waals surface area contributed by atoms with E-state index >= 15 is 0 Å². The molecule has 0 aliphatic carbocycles. The molecule has 0 heterocycles. The van der Waals surface area contributed by atoms with Gasteiger partial charge in [-0.3, -0.25) is 4.79 Å². The van der Waals surface area contributed by atoms with E-state index in [1.54, 1.807) is 13.0 Å². The highest BCUT2D eigenvalue weighted by Gasteiger charge is 2.13. The molecule has 0 spiro atoms. The molecule has 7 heteroatoms.